The third-order valence-electron chi connectivity index (χ3n) is 3.30. The molecular weight excluding hydrogens is 242 g/mol. The molecule has 0 radical (unpaired) electrons. The highest BCUT2D eigenvalue weighted by molar-refractivity contribution is 7.12. The Morgan fingerprint density at radius 3 is 2.67 bits per heavy atom. The van der Waals surface area contributed by atoms with E-state index in [2.05, 4.69) is 32.2 Å². The predicted molar refractivity (Wildman–Crippen MR) is 80.6 cm³/mol. The van der Waals surface area contributed by atoms with Crippen molar-refractivity contribution < 1.29 is 4.74 Å². The van der Waals surface area contributed by atoms with Crippen molar-refractivity contribution in [1.29, 1.82) is 0 Å². The largest absolute Gasteiger partial charge is 0.383 e. The third kappa shape index (κ3) is 5.98. The molecule has 3 heteroatoms. The molecule has 0 aromatic carbocycles. The van der Waals surface area contributed by atoms with Gasteiger partial charge < -0.3 is 10.1 Å². The van der Waals surface area contributed by atoms with E-state index in [4.69, 9.17) is 4.74 Å². The third-order valence-corrected chi connectivity index (χ3v) is 4.52. The van der Waals surface area contributed by atoms with Crippen molar-refractivity contribution >= 4 is 11.3 Å². The summed E-state index contributed by atoms with van der Waals surface area (Å²) in [6.45, 7) is 9.66. The average molecular weight is 269 g/mol. The van der Waals surface area contributed by atoms with Crippen molar-refractivity contribution in [2.45, 2.75) is 40.0 Å². The van der Waals surface area contributed by atoms with Crippen LogP contribution in [0.3, 0.4) is 0 Å². The Kier molecular flexibility index (Phi) is 7.56. The van der Waals surface area contributed by atoms with E-state index >= 15 is 0 Å². The van der Waals surface area contributed by atoms with Crippen LogP contribution in [0.2, 0.25) is 0 Å². The number of thiophene rings is 1. The lowest BCUT2D eigenvalue weighted by Gasteiger charge is -2.11. The molecule has 1 aromatic heterocycles. The van der Waals surface area contributed by atoms with Crippen LogP contribution in [-0.2, 0) is 11.2 Å². The van der Waals surface area contributed by atoms with E-state index in [9.17, 15) is 0 Å². The second-order valence-electron chi connectivity index (χ2n) is 5.14. The molecule has 1 aromatic rings. The monoisotopic (exact) mass is 269 g/mol. The summed E-state index contributed by atoms with van der Waals surface area (Å²) in [5, 5.41) is 3.41. The molecule has 0 saturated heterocycles. The van der Waals surface area contributed by atoms with Crippen LogP contribution >= 0.6 is 11.3 Å². The quantitative estimate of drug-likeness (QED) is 0.692. The van der Waals surface area contributed by atoms with Gasteiger partial charge in [-0.05, 0) is 57.2 Å². The van der Waals surface area contributed by atoms with E-state index < -0.39 is 0 Å². The van der Waals surface area contributed by atoms with Crippen molar-refractivity contribution in [3.8, 4) is 0 Å². The van der Waals surface area contributed by atoms with Crippen molar-refractivity contribution in [1.82, 2.24) is 5.32 Å². The van der Waals surface area contributed by atoms with Crippen LogP contribution in [0.15, 0.2) is 6.07 Å². The lowest BCUT2D eigenvalue weighted by atomic mass is 10.0. The molecule has 0 saturated carbocycles. The number of nitrogens with one attached hydrogen (secondary N) is 1. The van der Waals surface area contributed by atoms with E-state index in [1.54, 1.807) is 12.0 Å². The normalized spacial score (nSPS) is 12.9. The van der Waals surface area contributed by atoms with Gasteiger partial charge in [-0.15, -0.1) is 11.3 Å². The van der Waals surface area contributed by atoms with Crippen LogP contribution in [0.25, 0.3) is 0 Å². The van der Waals surface area contributed by atoms with Gasteiger partial charge in [0.1, 0.15) is 0 Å². The fourth-order valence-electron chi connectivity index (χ4n) is 2.11. The van der Waals surface area contributed by atoms with Gasteiger partial charge in [0, 0.05) is 23.4 Å². The second kappa shape index (κ2) is 8.68. The van der Waals surface area contributed by atoms with E-state index in [-0.39, 0.29) is 0 Å². The first-order valence-electron chi connectivity index (χ1n) is 6.89. The molecule has 1 rings (SSSR count). The highest BCUT2D eigenvalue weighted by Crippen LogP contribution is 2.24. The van der Waals surface area contributed by atoms with Gasteiger partial charge in [0.05, 0.1) is 6.61 Å². The summed E-state index contributed by atoms with van der Waals surface area (Å²) in [7, 11) is 1.75. The Balaban J connectivity index is 2.13. The molecule has 104 valence electrons. The first kappa shape index (κ1) is 15.7. The molecule has 1 unspecified atom stereocenters. The van der Waals surface area contributed by atoms with Gasteiger partial charge in [0.15, 0.2) is 0 Å². The number of methoxy groups -OCH3 is 1. The molecule has 0 bridgehead atoms. The lowest BCUT2D eigenvalue weighted by molar-refractivity contribution is 0.199. The standard InChI is InChI=1S/C15H27NOS/c1-12(7-8-16-9-10-17-4)5-6-15-13(2)11-14(3)18-15/h11-12,16H,5-10H2,1-4H3. The minimum atomic E-state index is 0.793. The lowest BCUT2D eigenvalue weighted by Crippen LogP contribution is -2.21. The maximum atomic E-state index is 5.01. The average Bonchev–Trinajstić information content (AvgIpc) is 2.65. The number of ether oxygens (including phenoxy) is 1. The SMILES string of the molecule is COCCNCCC(C)CCc1sc(C)cc1C. The Bertz CT molecular complexity index is 335. The maximum Gasteiger partial charge on any atom is 0.0587 e. The Morgan fingerprint density at radius 1 is 1.28 bits per heavy atom. The zero-order chi connectivity index (χ0) is 13.4. The van der Waals surface area contributed by atoms with E-state index in [0.717, 1.165) is 25.6 Å². The number of aryl methyl sites for hydroxylation is 3. The van der Waals surface area contributed by atoms with Gasteiger partial charge in [0.25, 0.3) is 0 Å². The molecule has 0 aliphatic rings. The van der Waals surface area contributed by atoms with E-state index in [1.165, 1.54) is 29.7 Å². The van der Waals surface area contributed by atoms with Gasteiger partial charge in [-0.25, -0.2) is 0 Å². The summed E-state index contributed by atoms with van der Waals surface area (Å²) in [6, 6.07) is 2.30. The molecule has 1 N–H and O–H groups in total. The molecule has 0 aliphatic heterocycles. The summed E-state index contributed by atoms with van der Waals surface area (Å²) in [5.74, 6) is 0.793. The molecule has 2 nitrogen and oxygen atoms in total. The molecule has 0 spiro atoms. The van der Waals surface area contributed by atoms with Gasteiger partial charge in [-0.3, -0.25) is 0 Å². The topological polar surface area (TPSA) is 21.3 Å². The van der Waals surface area contributed by atoms with Crippen LogP contribution < -0.4 is 5.32 Å². The summed E-state index contributed by atoms with van der Waals surface area (Å²) >= 11 is 1.96. The highest BCUT2D eigenvalue weighted by Gasteiger charge is 2.06. The van der Waals surface area contributed by atoms with Crippen molar-refractivity contribution in [2.24, 2.45) is 5.92 Å². The first-order chi connectivity index (χ1) is 8.63. The van der Waals surface area contributed by atoms with Gasteiger partial charge >= 0.3 is 0 Å². The molecule has 0 amide bonds. The zero-order valence-corrected chi connectivity index (χ0v) is 13.0. The maximum absolute atomic E-state index is 5.01. The first-order valence-corrected chi connectivity index (χ1v) is 7.70. The summed E-state index contributed by atoms with van der Waals surface area (Å²) in [6.07, 6.45) is 3.80. The van der Waals surface area contributed by atoms with E-state index in [0.29, 0.717) is 0 Å². The van der Waals surface area contributed by atoms with Crippen LogP contribution in [0.5, 0.6) is 0 Å². The fourth-order valence-corrected chi connectivity index (χ4v) is 3.17. The fraction of sp³-hybridized carbons (Fsp3) is 0.733. The predicted octanol–water partition coefficient (Wildman–Crippen LogP) is 3.56. The zero-order valence-electron chi connectivity index (χ0n) is 12.2. The summed E-state index contributed by atoms with van der Waals surface area (Å²) in [4.78, 5) is 3.02. The minimum absolute atomic E-state index is 0.793. The van der Waals surface area contributed by atoms with Gasteiger partial charge in [-0.2, -0.15) is 0 Å². The second-order valence-corrected chi connectivity index (χ2v) is 6.48. The Morgan fingerprint density at radius 2 is 2.06 bits per heavy atom. The molecule has 0 fully saturated rings. The van der Waals surface area contributed by atoms with E-state index in [1.807, 2.05) is 11.3 Å². The smallest absolute Gasteiger partial charge is 0.0587 e. The molecule has 1 atom stereocenters. The van der Waals surface area contributed by atoms with Crippen molar-refractivity contribution in [3.63, 3.8) is 0 Å². The minimum Gasteiger partial charge on any atom is -0.383 e. The van der Waals surface area contributed by atoms with Crippen LogP contribution in [-0.4, -0.2) is 26.8 Å². The number of rotatable bonds is 9. The highest BCUT2D eigenvalue weighted by atomic mass is 32.1. The molecule has 0 aliphatic carbocycles. The van der Waals surface area contributed by atoms with Crippen LogP contribution in [0.1, 0.15) is 35.1 Å². The van der Waals surface area contributed by atoms with Gasteiger partial charge in [-0.1, -0.05) is 6.92 Å². The van der Waals surface area contributed by atoms with Crippen molar-refractivity contribution in [2.75, 3.05) is 26.8 Å². The van der Waals surface area contributed by atoms with Crippen molar-refractivity contribution in [3.05, 3.63) is 21.4 Å². The summed E-state index contributed by atoms with van der Waals surface area (Å²) in [5.41, 5.74) is 1.47. The number of hydrogen-bond acceptors (Lipinski definition) is 3. The summed E-state index contributed by atoms with van der Waals surface area (Å²) < 4.78 is 5.01. The van der Waals surface area contributed by atoms with Crippen LogP contribution in [0.4, 0.5) is 0 Å². The van der Waals surface area contributed by atoms with Gasteiger partial charge in [0.2, 0.25) is 0 Å². The molecule has 1 heterocycles. The molecular formula is C15H27NOS. The number of hydrogen-bond donors (Lipinski definition) is 1. The Hall–Kier alpha value is -0.380. The Labute approximate surface area is 116 Å². The van der Waals surface area contributed by atoms with Crippen LogP contribution in [0, 0.1) is 19.8 Å². The molecule has 18 heavy (non-hydrogen) atoms.